The summed E-state index contributed by atoms with van der Waals surface area (Å²) in [6, 6.07) is 3.55. The highest BCUT2D eigenvalue weighted by Gasteiger charge is 2.39. The van der Waals surface area contributed by atoms with Gasteiger partial charge in [0.2, 0.25) is 0 Å². The van der Waals surface area contributed by atoms with Gasteiger partial charge in [-0.1, -0.05) is 17.7 Å². The maximum atomic E-state index is 12.1. The van der Waals surface area contributed by atoms with Gasteiger partial charge in [0.1, 0.15) is 6.04 Å². The molecule has 1 aliphatic rings. The van der Waals surface area contributed by atoms with Crippen LogP contribution >= 0.6 is 11.6 Å². The summed E-state index contributed by atoms with van der Waals surface area (Å²) in [6.45, 7) is 1.85. The maximum Gasteiger partial charge on any atom is 0.326 e. The lowest BCUT2D eigenvalue weighted by molar-refractivity contribution is -0.141. The van der Waals surface area contributed by atoms with Gasteiger partial charge in [-0.2, -0.15) is 0 Å². The van der Waals surface area contributed by atoms with Crippen LogP contribution in [-0.2, 0) is 4.79 Å². The Labute approximate surface area is 121 Å². The molecule has 0 aliphatic carbocycles. The summed E-state index contributed by atoms with van der Waals surface area (Å²) in [7, 11) is 0. The lowest BCUT2D eigenvalue weighted by Gasteiger charge is -2.22. The van der Waals surface area contributed by atoms with Crippen molar-refractivity contribution in [3.63, 3.8) is 0 Å². The molecule has 2 atom stereocenters. The number of carboxylic acid groups (broad SMARTS) is 1. The molecule has 108 valence electrons. The minimum atomic E-state index is -1.13. The standard InChI is InChI=1S/C13H15ClN2O4/c1-7-2-3-9(14)10(4-7)15-13(20)16-6-8(17)5-11(16)12(18)19/h2-4,8,11,17H,5-6H2,1H3,(H,15,20)(H,18,19)/t8-,11-/m1/s1. The van der Waals surface area contributed by atoms with Crippen LogP contribution in [0.15, 0.2) is 18.2 Å². The monoisotopic (exact) mass is 298 g/mol. The Balaban J connectivity index is 2.15. The molecule has 0 spiro atoms. The normalized spacial score (nSPS) is 21.9. The number of β-amino-alcohol motifs (C(OH)–C–C–N with tert-alkyl or cyclic N) is 1. The highest BCUT2D eigenvalue weighted by Crippen LogP contribution is 2.25. The van der Waals surface area contributed by atoms with Gasteiger partial charge >= 0.3 is 12.0 Å². The number of urea groups is 1. The van der Waals surface area contributed by atoms with Crippen molar-refractivity contribution in [2.24, 2.45) is 0 Å². The molecule has 1 aromatic rings. The predicted molar refractivity (Wildman–Crippen MR) is 74.0 cm³/mol. The van der Waals surface area contributed by atoms with Gasteiger partial charge in [-0.3, -0.25) is 0 Å². The van der Waals surface area contributed by atoms with Crippen molar-refractivity contribution >= 4 is 29.3 Å². The van der Waals surface area contributed by atoms with Crippen LogP contribution in [0, 0.1) is 6.92 Å². The Morgan fingerprint density at radius 3 is 2.80 bits per heavy atom. The third kappa shape index (κ3) is 3.02. The van der Waals surface area contributed by atoms with E-state index in [0.717, 1.165) is 10.5 Å². The summed E-state index contributed by atoms with van der Waals surface area (Å²) in [4.78, 5) is 24.3. The first-order chi connectivity index (χ1) is 9.38. The van der Waals surface area contributed by atoms with E-state index in [4.69, 9.17) is 16.7 Å². The van der Waals surface area contributed by atoms with Crippen LogP contribution in [0.2, 0.25) is 5.02 Å². The number of carbonyl (C=O) groups is 2. The van der Waals surface area contributed by atoms with E-state index in [9.17, 15) is 14.7 Å². The number of aliphatic hydroxyl groups excluding tert-OH is 1. The van der Waals surface area contributed by atoms with E-state index in [2.05, 4.69) is 5.32 Å². The second kappa shape index (κ2) is 5.68. The van der Waals surface area contributed by atoms with Crippen LogP contribution in [0.25, 0.3) is 0 Å². The molecule has 1 saturated heterocycles. The van der Waals surface area contributed by atoms with Crippen LogP contribution in [0.5, 0.6) is 0 Å². The van der Waals surface area contributed by atoms with Gasteiger partial charge in [-0.05, 0) is 24.6 Å². The molecule has 0 radical (unpaired) electrons. The molecular weight excluding hydrogens is 284 g/mol. The van der Waals surface area contributed by atoms with Gasteiger partial charge in [0.25, 0.3) is 0 Å². The van der Waals surface area contributed by atoms with Gasteiger partial charge in [0, 0.05) is 13.0 Å². The fourth-order valence-corrected chi connectivity index (χ4v) is 2.36. The van der Waals surface area contributed by atoms with E-state index >= 15 is 0 Å². The van der Waals surface area contributed by atoms with Gasteiger partial charge in [0.15, 0.2) is 0 Å². The maximum absolute atomic E-state index is 12.1. The van der Waals surface area contributed by atoms with Gasteiger partial charge in [-0.25, -0.2) is 9.59 Å². The summed E-state index contributed by atoms with van der Waals surface area (Å²) in [5.74, 6) is -1.13. The highest BCUT2D eigenvalue weighted by molar-refractivity contribution is 6.33. The summed E-state index contributed by atoms with van der Waals surface area (Å²) in [6.07, 6.45) is -0.792. The lowest BCUT2D eigenvalue weighted by Crippen LogP contribution is -2.43. The second-order valence-corrected chi connectivity index (χ2v) is 5.22. The number of nitrogens with zero attached hydrogens (tertiary/aromatic N) is 1. The minimum absolute atomic E-state index is 0.00770. The number of amides is 2. The summed E-state index contributed by atoms with van der Waals surface area (Å²) < 4.78 is 0. The highest BCUT2D eigenvalue weighted by atomic mass is 35.5. The number of halogens is 1. The average Bonchev–Trinajstić information content (AvgIpc) is 2.76. The number of hydrogen-bond acceptors (Lipinski definition) is 3. The summed E-state index contributed by atoms with van der Waals surface area (Å²) >= 11 is 5.98. The Morgan fingerprint density at radius 1 is 1.45 bits per heavy atom. The largest absolute Gasteiger partial charge is 0.480 e. The molecular formula is C13H15ClN2O4. The molecule has 0 bridgehead atoms. The topological polar surface area (TPSA) is 89.9 Å². The van der Waals surface area contributed by atoms with Gasteiger partial charge in [0.05, 0.1) is 16.8 Å². The van der Waals surface area contributed by atoms with Crippen LogP contribution in [0.4, 0.5) is 10.5 Å². The number of hydrogen-bond donors (Lipinski definition) is 3. The first-order valence-electron chi connectivity index (χ1n) is 6.13. The Kier molecular flexibility index (Phi) is 4.15. The van der Waals surface area contributed by atoms with Crippen molar-refractivity contribution in [1.29, 1.82) is 0 Å². The van der Waals surface area contributed by atoms with Crippen molar-refractivity contribution in [1.82, 2.24) is 4.90 Å². The number of benzene rings is 1. The number of aliphatic carboxylic acids is 1. The molecule has 0 unspecified atom stereocenters. The molecule has 1 aliphatic heterocycles. The molecule has 7 heteroatoms. The van der Waals surface area contributed by atoms with E-state index in [1.54, 1.807) is 18.2 Å². The number of rotatable bonds is 2. The molecule has 3 N–H and O–H groups in total. The van der Waals surface area contributed by atoms with E-state index in [0.29, 0.717) is 10.7 Å². The number of likely N-dealkylation sites (tertiary alicyclic amines) is 1. The Morgan fingerprint density at radius 2 is 2.15 bits per heavy atom. The predicted octanol–water partition coefficient (Wildman–Crippen LogP) is 1.70. The van der Waals surface area contributed by atoms with E-state index in [1.165, 1.54) is 0 Å². The lowest BCUT2D eigenvalue weighted by atomic mass is 10.2. The summed E-state index contributed by atoms with van der Waals surface area (Å²) in [5.41, 5.74) is 1.34. The van der Waals surface area contributed by atoms with Crippen LogP contribution < -0.4 is 5.32 Å². The third-order valence-corrected chi connectivity index (χ3v) is 3.52. The van der Waals surface area contributed by atoms with Crippen molar-refractivity contribution in [2.75, 3.05) is 11.9 Å². The molecule has 0 aromatic heterocycles. The number of carboxylic acids is 1. The third-order valence-electron chi connectivity index (χ3n) is 3.19. The number of nitrogens with one attached hydrogen (secondary N) is 1. The Bertz CT molecular complexity index is 549. The molecule has 1 heterocycles. The first kappa shape index (κ1) is 14.6. The van der Waals surface area contributed by atoms with Crippen molar-refractivity contribution in [2.45, 2.75) is 25.5 Å². The van der Waals surface area contributed by atoms with Crippen molar-refractivity contribution in [3.8, 4) is 0 Å². The van der Waals surface area contributed by atoms with Crippen molar-refractivity contribution in [3.05, 3.63) is 28.8 Å². The fraction of sp³-hybridized carbons (Fsp3) is 0.385. The van der Waals surface area contributed by atoms with Gasteiger partial charge in [-0.15, -0.1) is 0 Å². The summed E-state index contributed by atoms with van der Waals surface area (Å²) in [5, 5.41) is 21.5. The van der Waals surface area contributed by atoms with E-state index < -0.39 is 24.1 Å². The van der Waals surface area contributed by atoms with E-state index in [-0.39, 0.29) is 13.0 Å². The zero-order valence-electron chi connectivity index (χ0n) is 10.8. The fourth-order valence-electron chi connectivity index (χ4n) is 2.19. The average molecular weight is 299 g/mol. The SMILES string of the molecule is Cc1ccc(Cl)c(NC(=O)N2C[C@H](O)C[C@@H]2C(=O)O)c1. The van der Waals surface area contributed by atoms with Crippen LogP contribution in [0.1, 0.15) is 12.0 Å². The molecule has 6 nitrogen and oxygen atoms in total. The Hall–Kier alpha value is -1.79. The van der Waals surface area contributed by atoms with Crippen molar-refractivity contribution < 1.29 is 19.8 Å². The zero-order valence-corrected chi connectivity index (χ0v) is 11.6. The molecule has 20 heavy (non-hydrogen) atoms. The number of aliphatic hydroxyl groups is 1. The molecule has 1 fully saturated rings. The number of carbonyl (C=O) groups excluding carboxylic acids is 1. The zero-order chi connectivity index (χ0) is 14.9. The molecule has 2 rings (SSSR count). The van der Waals surface area contributed by atoms with E-state index in [1.807, 2.05) is 6.92 Å². The molecule has 1 aromatic carbocycles. The number of anilines is 1. The first-order valence-corrected chi connectivity index (χ1v) is 6.51. The van der Waals surface area contributed by atoms with Gasteiger partial charge < -0.3 is 20.4 Å². The molecule has 0 saturated carbocycles. The minimum Gasteiger partial charge on any atom is -0.480 e. The second-order valence-electron chi connectivity index (χ2n) is 4.81. The molecule has 2 amide bonds. The number of aryl methyl sites for hydroxylation is 1. The van der Waals surface area contributed by atoms with Crippen LogP contribution in [-0.4, -0.2) is 45.8 Å². The quantitative estimate of drug-likeness (QED) is 0.775. The smallest absolute Gasteiger partial charge is 0.326 e. The van der Waals surface area contributed by atoms with Crippen LogP contribution in [0.3, 0.4) is 0 Å².